The summed E-state index contributed by atoms with van der Waals surface area (Å²) in [6, 6.07) is 12.8. The van der Waals surface area contributed by atoms with Gasteiger partial charge < -0.3 is 30.1 Å². The Morgan fingerprint density at radius 2 is 1.69 bits per heavy atom. The molecule has 0 saturated heterocycles. The number of halogens is 2. The monoisotopic (exact) mass is 575 g/mol. The molecule has 0 bridgehead atoms. The van der Waals surface area contributed by atoms with Crippen LogP contribution in [0.2, 0.25) is 10.0 Å². The van der Waals surface area contributed by atoms with Gasteiger partial charge in [-0.3, -0.25) is 9.59 Å². The van der Waals surface area contributed by atoms with E-state index >= 15 is 0 Å². The Bertz CT molecular complexity index is 1390. The minimum absolute atomic E-state index is 0.0684. The first-order valence-corrected chi connectivity index (χ1v) is 12.3. The van der Waals surface area contributed by atoms with Crippen LogP contribution in [0.25, 0.3) is 0 Å². The van der Waals surface area contributed by atoms with E-state index in [1.54, 1.807) is 32.0 Å². The molecule has 0 fully saturated rings. The van der Waals surface area contributed by atoms with Gasteiger partial charge in [0.25, 0.3) is 11.8 Å². The number of nitrogens with one attached hydrogen (secondary N) is 2. The fourth-order valence-corrected chi connectivity index (χ4v) is 3.89. The van der Waals surface area contributed by atoms with Gasteiger partial charge in [0.05, 0.1) is 0 Å². The van der Waals surface area contributed by atoms with Crippen molar-refractivity contribution >= 4 is 52.6 Å². The summed E-state index contributed by atoms with van der Waals surface area (Å²) in [5, 5.41) is 14.9. The second-order valence-corrected chi connectivity index (χ2v) is 9.97. The summed E-state index contributed by atoms with van der Waals surface area (Å²) in [5.74, 6) is -3.11. The summed E-state index contributed by atoms with van der Waals surface area (Å²) in [7, 11) is 2.77. The van der Waals surface area contributed by atoms with Gasteiger partial charge in [0.1, 0.15) is 0 Å². The van der Waals surface area contributed by atoms with Crippen molar-refractivity contribution in [2.45, 2.75) is 33.1 Å². The van der Waals surface area contributed by atoms with E-state index in [0.717, 1.165) is 21.7 Å². The fraction of sp³-hybridized carbons (Fsp3) is 0.269. The second-order valence-electron chi connectivity index (χ2n) is 9.09. The van der Waals surface area contributed by atoms with Gasteiger partial charge in [0, 0.05) is 50.2 Å². The zero-order chi connectivity index (χ0) is 28.9. The maximum atomic E-state index is 13.0. The molecule has 0 unspecified atom stereocenters. The first kappa shape index (κ1) is 29.5. The summed E-state index contributed by atoms with van der Waals surface area (Å²) >= 11 is 12.1. The molecule has 0 atom stereocenters. The van der Waals surface area contributed by atoms with Gasteiger partial charge in [0.2, 0.25) is 17.5 Å². The standard InChI is InChI=1S/C22H20Cl2N4O3.C4H7NO3/c1-12-5-4-6-16(7-12)26-21-27-17(18-20(28-21)31-22(2,3)30-18)19(29)25-11-13-8-14(23)10-15(24)9-13;1-5(2)3(6)4(7)8/h4-10H,11H2,1-3H3,(H,25,29)(H,26,27,28);1-2H3,(H,7,8). The third-order valence-electron chi connectivity index (χ3n) is 4.98. The lowest BCUT2D eigenvalue weighted by molar-refractivity contribution is -0.154. The van der Waals surface area contributed by atoms with Gasteiger partial charge in [-0.1, -0.05) is 35.3 Å². The average Bonchev–Trinajstić information content (AvgIpc) is 3.15. The van der Waals surface area contributed by atoms with E-state index in [2.05, 4.69) is 20.6 Å². The molecule has 11 nitrogen and oxygen atoms in total. The van der Waals surface area contributed by atoms with Crippen molar-refractivity contribution in [2.24, 2.45) is 0 Å². The topological polar surface area (TPSA) is 143 Å². The van der Waals surface area contributed by atoms with E-state index in [1.807, 2.05) is 31.2 Å². The number of nitrogens with zero attached hydrogens (tertiary/aromatic N) is 3. The van der Waals surface area contributed by atoms with Gasteiger partial charge in [-0.2, -0.15) is 4.98 Å². The van der Waals surface area contributed by atoms with Crippen molar-refractivity contribution in [3.63, 3.8) is 0 Å². The van der Waals surface area contributed by atoms with E-state index in [9.17, 15) is 14.4 Å². The summed E-state index contributed by atoms with van der Waals surface area (Å²) in [4.78, 5) is 42.7. The van der Waals surface area contributed by atoms with E-state index in [0.29, 0.717) is 10.0 Å². The van der Waals surface area contributed by atoms with Gasteiger partial charge in [-0.25, -0.2) is 9.78 Å². The molecule has 2 heterocycles. The molecule has 3 N–H and O–H groups in total. The zero-order valence-corrected chi connectivity index (χ0v) is 23.3. The van der Waals surface area contributed by atoms with Crippen molar-refractivity contribution in [3.05, 3.63) is 69.3 Å². The third kappa shape index (κ3) is 8.20. The highest BCUT2D eigenvalue weighted by Crippen LogP contribution is 2.40. The van der Waals surface area contributed by atoms with Crippen molar-refractivity contribution in [1.82, 2.24) is 20.2 Å². The van der Waals surface area contributed by atoms with Gasteiger partial charge >= 0.3 is 11.9 Å². The smallest absolute Gasteiger partial charge is 0.394 e. The number of hydrogen-bond donors (Lipinski definition) is 3. The quantitative estimate of drug-likeness (QED) is 0.376. The lowest BCUT2D eigenvalue weighted by atomic mass is 10.2. The lowest BCUT2D eigenvalue weighted by Gasteiger charge is -2.15. The number of carboxylic acids is 1. The van der Waals surface area contributed by atoms with Crippen LogP contribution in [0.5, 0.6) is 11.6 Å². The molecule has 39 heavy (non-hydrogen) atoms. The van der Waals surface area contributed by atoms with Crippen molar-refractivity contribution in [2.75, 3.05) is 19.4 Å². The van der Waals surface area contributed by atoms with Crippen molar-refractivity contribution in [3.8, 4) is 11.6 Å². The molecule has 0 saturated carbocycles. The highest BCUT2D eigenvalue weighted by Gasteiger charge is 2.38. The molecule has 206 valence electrons. The number of fused-ring (bicyclic) bond motifs is 1. The Morgan fingerprint density at radius 1 is 1.03 bits per heavy atom. The summed E-state index contributed by atoms with van der Waals surface area (Å²) in [6.07, 6.45) is 0. The number of amides is 2. The molecule has 0 radical (unpaired) electrons. The summed E-state index contributed by atoms with van der Waals surface area (Å²) in [6.45, 7) is 5.66. The highest BCUT2D eigenvalue weighted by atomic mass is 35.5. The molecular formula is C26H27Cl2N5O6. The van der Waals surface area contributed by atoms with Crippen LogP contribution in [0.4, 0.5) is 11.6 Å². The number of rotatable bonds is 5. The average molecular weight is 576 g/mol. The van der Waals surface area contributed by atoms with E-state index < -0.39 is 23.6 Å². The Labute approximate surface area is 235 Å². The number of carboxylic acid groups (broad SMARTS) is 1. The summed E-state index contributed by atoms with van der Waals surface area (Å²) in [5.41, 5.74) is 2.69. The van der Waals surface area contributed by atoms with E-state index in [4.69, 9.17) is 37.8 Å². The predicted octanol–water partition coefficient (Wildman–Crippen LogP) is 4.43. The highest BCUT2D eigenvalue weighted by molar-refractivity contribution is 6.34. The van der Waals surface area contributed by atoms with Gasteiger partial charge in [-0.15, -0.1) is 0 Å². The molecule has 1 aliphatic rings. The molecular weight excluding hydrogens is 549 g/mol. The predicted molar refractivity (Wildman–Crippen MR) is 146 cm³/mol. The molecule has 1 aliphatic heterocycles. The lowest BCUT2D eigenvalue weighted by Crippen LogP contribution is -2.30. The Kier molecular flexibility index (Phi) is 9.20. The number of hydrogen-bond acceptors (Lipinski definition) is 8. The Balaban J connectivity index is 0.000000459. The maximum absolute atomic E-state index is 13.0. The van der Waals surface area contributed by atoms with Crippen molar-refractivity contribution in [1.29, 1.82) is 0 Å². The van der Waals surface area contributed by atoms with Crippen LogP contribution in [-0.2, 0) is 16.1 Å². The van der Waals surface area contributed by atoms with Crippen LogP contribution in [-0.4, -0.2) is 57.6 Å². The number of aliphatic carboxylic acids is 1. The number of carbonyl (C=O) groups excluding carboxylic acids is 2. The molecule has 2 aromatic carbocycles. The third-order valence-corrected chi connectivity index (χ3v) is 5.42. The number of ether oxygens (including phenoxy) is 2. The van der Waals surface area contributed by atoms with Crippen LogP contribution in [0.15, 0.2) is 42.5 Å². The number of aryl methyl sites for hydroxylation is 1. The van der Waals surface area contributed by atoms with E-state index in [1.165, 1.54) is 14.1 Å². The molecule has 2 amide bonds. The minimum atomic E-state index is -1.42. The summed E-state index contributed by atoms with van der Waals surface area (Å²) < 4.78 is 11.5. The Hall–Kier alpha value is -4.09. The SMILES string of the molecule is CN(C)C(=O)C(=O)O.Cc1cccc(Nc2nc3c(c(C(=O)NCc4cc(Cl)cc(Cl)c4)n2)OC(C)(C)O3)c1. The van der Waals surface area contributed by atoms with E-state index in [-0.39, 0.29) is 29.8 Å². The second kappa shape index (κ2) is 12.2. The van der Waals surface area contributed by atoms with Crippen LogP contribution >= 0.6 is 23.2 Å². The number of anilines is 2. The van der Waals surface area contributed by atoms with Gasteiger partial charge in [0.15, 0.2) is 5.69 Å². The number of carbonyl (C=O) groups is 3. The maximum Gasteiger partial charge on any atom is 0.394 e. The molecule has 0 aliphatic carbocycles. The first-order valence-electron chi connectivity index (χ1n) is 11.6. The number of benzene rings is 2. The number of likely N-dealkylation sites (N-methyl/N-ethyl adjacent to an activating group) is 1. The minimum Gasteiger partial charge on any atom is -0.474 e. The van der Waals surface area contributed by atoms with Crippen LogP contribution in [0.1, 0.15) is 35.5 Å². The fourth-order valence-electron chi connectivity index (χ4n) is 3.32. The van der Waals surface area contributed by atoms with Gasteiger partial charge in [-0.05, 0) is 48.4 Å². The number of aromatic nitrogens is 2. The Morgan fingerprint density at radius 3 is 2.26 bits per heavy atom. The molecule has 13 heteroatoms. The van der Waals surface area contributed by atoms with Crippen LogP contribution in [0, 0.1) is 6.92 Å². The molecule has 3 aromatic rings. The van der Waals surface area contributed by atoms with Crippen LogP contribution in [0.3, 0.4) is 0 Å². The molecule has 1 aromatic heterocycles. The zero-order valence-electron chi connectivity index (χ0n) is 21.8. The molecule has 4 rings (SSSR count). The largest absolute Gasteiger partial charge is 0.474 e. The van der Waals surface area contributed by atoms with Crippen molar-refractivity contribution < 1.29 is 29.0 Å². The normalized spacial score (nSPS) is 12.6. The first-order chi connectivity index (χ1) is 18.2. The molecule has 0 spiro atoms. The van der Waals surface area contributed by atoms with Crippen LogP contribution < -0.4 is 20.1 Å².